The summed E-state index contributed by atoms with van der Waals surface area (Å²) in [5, 5.41) is 4.80. The summed E-state index contributed by atoms with van der Waals surface area (Å²) in [6.07, 6.45) is 2.18. The molecule has 2 rings (SSSR count). The third-order valence-corrected chi connectivity index (χ3v) is 5.28. The van der Waals surface area contributed by atoms with Gasteiger partial charge in [-0.25, -0.2) is 4.98 Å². The first-order valence-electron chi connectivity index (χ1n) is 7.49. The number of hydrogen-bond donors (Lipinski definition) is 1. The van der Waals surface area contributed by atoms with E-state index in [1.165, 1.54) is 27.6 Å². The number of rotatable bonds is 7. The Kier molecular flexibility index (Phi) is 6.40. The van der Waals surface area contributed by atoms with Gasteiger partial charge in [0.2, 0.25) is 0 Å². The second-order valence-electron chi connectivity index (χ2n) is 5.41. The van der Waals surface area contributed by atoms with Crippen LogP contribution in [-0.2, 0) is 6.42 Å². The maximum absolute atomic E-state index is 4.70. The molecule has 0 fully saturated rings. The van der Waals surface area contributed by atoms with Gasteiger partial charge in [-0.2, -0.15) is 0 Å². The summed E-state index contributed by atoms with van der Waals surface area (Å²) in [5.41, 5.74) is 2.55. The molecule has 0 saturated heterocycles. The molecule has 0 bridgehead atoms. The smallest absolute Gasteiger partial charge is 0.0937 e. The molecular weight excluding hydrogens is 344 g/mol. The average molecular weight is 367 g/mol. The van der Waals surface area contributed by atoms with E-state index >= 15 is 0 Å². The summed E-state index contributed by atoms with van der Waals surface area (Å²) in [4.78, 5) is 6.04. The Morgan fingerprint density at radius 2 is 1.95 bits per heavy atom. The van der Waals surface area contributed by atoms with Crippen molar-refractivity contribution in [3.8, 4) is 0 Å². The Morgan fingerprint density at radius 3 is 2.52 bits per heavy atom. The summed E-state index contributed by atoms with van der Waals surface area (Å²) in [5.74, 6) is 0.481. The Hall–Kier alpha value is -0.710. The van der Waals surface area contributed by atoms with Crippen LogP contribution < -0.4 is 5.32 Å². The number of halogens is 1. The van der Waals surface area contributed by atoms with Gasteiger partial charge in [-0.3, -0.25) is 0 Å². The lowest BCUT2D eigenvalue weighted by Crippen LogP contribution is -2.23. The SMILES string of the molecule is CCCNCC(Cc1nc(C)c(C)s1)c1ccc(Br)cc1. The second-order valence-corrected chi connectivity index (χ2v) is 7.61. The zero-order valence-electron chi connectivity index (χ0n) is 12.9. The van der Waals surface area contributed by atoms with E-state index in [-0.39, 0.29) is 0 Å². The summed E-state index contributed by atoms with van der Waals surface area (Å²) < 4.78 is 1.13. The highest BCUT2D eigenvalue weighted by Gasteiger charge is 2.15. The fourth-order valence-electron chi connectivity index (χ4n) is 2.33. The van der Waals surface area contributed by atoms with Crippen LogP contribution in [0.2, 0.25) is 0 Å². The number of benzene rings is 1. The quantitative estimate of drug-likeness (QED) is 0.708. The van der Waals surface area contributed by atoms with E-state index in [1.807, 2.05) is 11.3 Å². The fourth-order valence-corrected chi connectivity index (χ4v) is 3.61. The summed E-state index contributed by atoms with van der Waals surface area (Å²) in [7, 11) is 0. The van der Waals surface area contributed by atoms with Crippen LogP contribution in [0.25, 0.3) is 0 Å². The minimum Gasteiger partial charge on any atom is -0.316 e. The maximum Gasteiger partial charge on any atom is 0.0937 e. The standard InChI is InChI=1S/C17H23BrN2S/c1-4-9-19-11-15(14-5-7-16(18)8-6-14)10-17-20-12(2)13(3)21-17/h5-8,15,19H,4,9-11H2,1-3H3. The molecule has 4 heteroatoms. The van der Waals surface area contributed by atoms with Gasteiger partial charge in [0.15, 0.2) is 0 Å². The van der Waals surface area contributed by atoms with Crippen LogP contribution in [0.3, 0.4) is 0 Å². The fraction of sp³-hybridized carbons (Fsp3) is 0.471. The summed E-state index contributed by atoms with van der Waals surface area (Å²) >= 11 is 5.34. The Bertz CT molecular complexity index is 543. The van der Waals surface area contributed by atoms with Crippen LogP contribution >= 0.6 is 27.3 Å². The minimum atomic E-state index is 0.481. The summed E-state index contributed by atoms with van der Waals surface area (Å²) in [6.45, 7) is 8.53. The van der Waals surface area contributed by atoms with Crippen molar-refractivity contribution < 1.29 is 0 Å². The number of nitrogens with zero attached hydrogens (tertiary/aromatic N) is 1. The highest BCUT2D eigenvalue weighted by Crippen LogP contribution is 2.26. The van der Waals surface area contributed by atoms with E-state index in [2.05, 4.69) is 66.3 Å². The van der Waals surface area contributed by atoms with Crippen LogP contribution in [0.15, 0.2) is 28.7 Å². The van der Waals surface area contributed by atoms with E-state index in [1.54, 1.807) is 0 Å². The molecule has 1 atom stereocenters. The van der Waals surface area contributed by atoms with Crippen molar-refractivity contribution in [3.63, 3.8) is 0 Å². The Labute approximate surface area is 140 Å². The van der Waals surface area contributed by atoms with E-state index < -0.39 is 0 Å². The molecule has 21 heavy (non-hydrogen) atoms. The van der Waals surface area contributed by atoms with Gasteiger partial charge in [0.05, 0.1) is 10.7 Å². The third-order valence-electron chi connectivity index (χ3n) is 3.65. The highest BCUT2D eigenvalue weighted by molar-refractivity contribution is 9.10. The number of aryl methyl sites for hydroxylation is 2. The normalized spacial score (nSPS) is 12.6. The van der Waals surface area contributed by atoms with Gasteiger partial charge in [-0.15, -0.1) is 11.3 Å². The van der Waals surface area contributed by atoms with Crippen molar-refractivity contribution in [2.75, 3.05) is 13.1 Å². The van der Waals surface area contributed by atoms with Crippen LogP contribution in [0.5, 0.6) is 0 Å². The zero-order chi connectivity index (χ0) is 15.2. The number of aromatic nitrogens is 1. The Balaban J connectivity index is 2.12. The van der Waals surface area contributed by atoms with Crippen molar-refractivity contribution in [3.05, 3.63) is 49.9 Å². The number of hydrogen-bond acceptors (Lipinski definition) is 3. The van der Waals surface area contributed by atoms with Gasteiger partial charge < -0.3 is 5.32 Å². The first kappa shape index (κ1) is 16.7. The molecule has 1 aromatic carbocycles. The lowest BCUT2D eigenvalue weighted by atomic mass is 9.96. The largest absolute Gasteiger partial charge is 0.316 e. The van der Waals surface area contributed by atoms with Gasteiger partial charge in [0.1, 0.15) is 0 Å². The first-order chi connectivity index (χ1) is 10.1. The van der Waals surface area contributed by atoms with E-state index in [0.717, 1.165) is 24.0 Å². The zero-order valence-corrected chi connectivity index (χ0v) is 15.4. The summed E-state index contributed by atoms with van der Waals surface area (Å²) in [6, 6.07) is 8.69. The minimum absolute atomic E-state index is 0.481. The molecule has 0 saturated carbocycles. The molecule has 1 unspecified atom stereocenters. The maximum atomic E-state index is 4.70. The molecule has 1 N–H and O–H groups in total. The van der Waals surface area contributed by atoms with Gasteiger partial charge in [0, 0.05) is 28.2 Å². The number of nitrogens with one attached hydrogen (secondary N) is 1. The van der Waals surface area contributed by atoms with Crippen LogP contribution in [0, 0.1) is 13.8 Å². The lowest BCUT2D eigenvalue weighted by molar-refractivity contribution is 0.575. The monoisotopic (exact) mass is 366 g/mol. The molecule has 0 aliphatic carbocycles. The van der Waals surface area contributed by atoms with Gasteiger partial charge in [-0.05, 0) is 44.5 Å². The molecular formula is C17H23BrN2S. The molecule has 0 aliphatic rings. The van der Waals surface area contributed by atoms with E-state index in [0.29, 0.717) is 5.92 Å². The molecule has 1 heterocycles. The van der Waals surface area contributed by atoms with Gasteiger partial charge in [-0.1, -0.05) is 35.0 Å². The lowest BCUT2D eigenvalue weighted by Gasteiger charge is -2.17. The van der Waals surface area contributed by atoms with Crippen molar-refractivity contribution in [2.24, 2.45) is 0 Å². The number of thiazole rings is 1. The average Bonchev–Trinajstić information content (AvgIpc) is 2.77. The van der Waals surface area contributed by atoms with E-state index in [4.69, 9.17) is 4.98 Å². The predicted octanol–water partition coefficient (Wildman–Crippen LogP) is 4.85. The molecule has 0 amide bonds. The van der Waals surface area contributed by atoms with Crippen molar-refractivity contribution in [1.82, 2.24) is 10.3 Å². The van der Waals surface area contributed by atoms with Gasteiger partial charge in [0.25, 0.3) is 0 Å². The topological polar surface area (TPSA) is 24.9 Å². The molecule has 1 aromatic heterocycles. The first-order valence-corrected chi connectivity index (χ1v) is 9.10. The van der Waals surface area contributed by atoms with Crippen LogP contribution in [0.1, 0.15) is 40.4 Å². The third kappa shape index (κ3) is 4.90. The van der Waals surface area contributed by atoms with E-state index in [9.17, 15) is 0 Å². The molecule has 2 nitrogen and oxygen atoms in total. The second kappa shape index (κ2) is 8.06. The Morgan fingerprint density at radius 1 is 1.24 bits per heavy atom. The van der Waals surface area contributed by atoms with Crippen molar-refractivity contribution in [2.45, 2.75) is 39.5 Å². The van der Waals surface area contributed by atoms with Crippen LogP contribution in [-0.4, -0.2) is 18.1 Å². The molecule has 0 aliphatic heterocycles. The van der Waals surface area contributed by atoms with Crippen LogP contribution in [0.4, 0.5) is 0 Å². The van der Waals surface area contributed by atoms with Crippen molar-refractivity contribution in [1.29, 1.82) is 0 Å². The predicted molar refractivity (Wildman–Crippen MR) is 95.3 cm³/mol. The molecule has 0 radical (unpaired) electrons. The van der Waals surface area contributed by atoms with Crippen molar-refractivity contribution >= 4 is 27.3 Å². The molecule has 2 aromatic rings. The molecule has 114 valence electrons. The highest BCUT2D eigenvalue weighted by atomic mass is 79.9. The molecule has 0 spiro atoms. The van der Waals surface area contributed by atoms with Gasteiger partial charge >= 0.3 is 0 Å².